The second-order valence-corrected chi connectivity index (χ2v) is 4.80. The molecule has 114 valence electrons. The monoisotopic (exact) mass is 293 g/mol. The van der Waals surface area contributed by atoms with Crippen molar-refractivity contribution in [2.24, 2.45) is 5.73 Å². The van der Waals surface area contributed by atoms with Gasteiger partial charge in [-0.2, -0.15) is 0 Å². The van der Waals surface area contributed by atoms with Gasteiger partial charge in [-0.25, -0.2) is 4.79 Å². The lowest BCUT2D eigenvalue weighted by atomic mass is 10.0. The van der Waals surface area contributed by atoms with E-state index in [1.165, 1.54) is 4.90 Å². The van der Waals surface area contributed by atoms with E-state index >= 15 is 0 Å². The summed E-state index contributed by atoms with van der Waals surface area (Å²) in [4.78, 5) is 25.4. The highest BCUT2D eigenvalue weighted by atomic mass is 16.5. The lowest BCUT2D eigenvalue weighted by Gasteiger charge is -2.36. The number of nitrogens with two attached hydrogens (primary N) is 1. The standard InChI is InChI=1S/C14H19N3O4/c15-14(20)16-12(10-4-2-1-3-5-10)13(19)17-6-7-21-9-11(17)8-18/h1-5,11-12,18H,6-9H2,(H3,15,16,20). The molecule has 0 bridgehead atoms. The van der Waals surface area contributed by atoms with Gasteiger partial charge in [-0.1, -0.05) is 30.3 Å². The Morgan fingerprint density at radius 2 is 2.14 bits per heavy atom. The van der Waals surface area contributed by atoms with Gasteiger partial charge in [-0.15, -0.1) is 0 Å². The van der Waals surface area contributed by atoms with Crippen molar-refractivity contribution in [3.05, 3.63) is 35.9 Å². The van der Waals surface area contributed by atoms with Crippen molar-refractivity contribution >= 4 is 11.9 Å². The molecule has 21 heavy (non-hydrogen) atoms. The number of rotatable bonds is 4. The SMILES string of the molecule is NC(=O)NC(C(=O)N1CCOCC1CO)c1ccccc1. The molecule has 2 unspecified atom stereocenters. The van der Waals surface area contributed by atoms with E-state index in [2.05, 4.69) is 5.32 Å². The number of primary amides is 1. The molecule has 1 aromatic carbocycles. The summed E-state index contributed by atoms with van der Waals surface area (Å²) in [6.07, 6.45) is 0. The average molecular weight is 293 g/mol. The molecule has 7 heteroatoms. The summed E-state index contributed by atoms with van der Waals surface area (Å²) in [5.41, 5.74) is 5.81. The van der Waals surface area contributed by atoms with Crippen molar-refractivity contribution in [2.45, 2.75) is 12.1 Å². The lowest BCUT2D eigenvalue weighted by molar-refractivity contribution is -0.143. The van der Waals surface area contributed by atoms with E-state index in [4.69, 9.17) is 10.5 Å². The van der Waals surface area contributed by atoms with Gasteiger partial charge in [0.15, 0.2) is 0 Å². The minimum absolute atomic E-state index is 0.191. The van der Waals surface area contributed by atoms with Gasteiger partial charge in [0.2, 0.25) is 5.91 Å². The van der Waals surface area contributed by atoms with E-state index in [1.54, 1.807) is 24.3 Å². The fraction of sp³-hybridized carbons (Fsp3) is 0.429. The van der Waals surface area contributed by atoms with Gasteiger partial charge >= 0.3 is 6.03 Å². The molecule has 0 aliphatic carbocycles. The number of aliphatic hydroxyl groups excluding tert-OH is 1. The zero-order valence-electron chi connectivity index (χ0n) is 11.6. The number of amides is 3. The van der Waals surface area contributed by atoms with E-state index in [0.717, 1.165) is 0 Å². The first-order chi connectivity index (χ1) is 10.1. The molecule has 2 atom stereocenters. The van der Waals surface area contributed by atoms with Crippen LogP contribution < -0.4 is 11.1 Å². The van der Waals surface area contributed by atoms with E-state index in [1.807, 2.05) is 6.07 Å². The van der Waals surface area contributed by atoms with Crippen LogP contribution in [0.1, 0.15) is 11.6 Å². The number of hydrogen-bond donors (Lipinski definition) is 3. The Morgan fingerprint density at radius 3 is 2.76 bits per heavy atom. The highest BCUT2D eigenvalue weighted by molar-refractivity contribution is 5.88. The summed E-state index contributed by atoms with van der Waals surface area (Å²) >= 11 is 0. The highest BCUT2D eigenvalue weighted by Crippen LogP contribution is 2.19. The second-order valence-electron chi connectivity index (χ2n) is 4.80. The molecule has 0 saturated carbocycles. The number of benzene rings is 1. The third kappa shape index (κ3) is 3.71. The van der Waals surface area contributed by atoms with Gasteiger partial charge in [0.25, 0.3) is 0 Å². The molecule has 7 nitrogen and oxygen atoms in total. The van der Waals surface area contributed by atoms with Crippen molar-refractivity contribution < 1.29 is 19.4 Å². The maximum atomic E-state index is 12.7. The fourth-order valence-electron chi connectivity index (χ4n) is 2.34. The Morgan fingerprint density at radius 1 is 1.43 bits per heavy atom. The molecule has 0 radical (unpaired) electrons. The second kappa shape index (κ2) is 7.05. The van der Waals surface area contributed by atoms with Gasteiger partial charge < -0.3 is 25.8 Å². The van der Waals surface area contributed by atoms with Gasteiger partial charge in [-0.05, 0) is 5.56 Å². The number of ether oxygens (including phenoxy) is 1. The van der Waals surface area contributed by atoms with Crippen molar-refractivity contribution in [2.75, 3.05) is 26.4 Å². The Kier molecular flexibility index (Phi) is 5.13. The normalized spacial score (nSPS) is 19.9. The third-order valence-corrected chi connectivity index (χ3v) is 3.39. The zero-order valence-corrected chi connectivity index (χ0v) is 11.6. The third-order valence-electron chi connectivity index (χ3n) is 3.39. The molecule has 1 aliphatic heterocycles. The minimum Gasteiger partial charge on any atom is -0.394 e. The lowest BCUT2D eigenvalue weighted by Crippen LogP contribution is -2.54. The van der Waals surface area contributed by atoms with Gasteiger partial charge in [0.1, 0.15) is 6.04 Å². The molecule has 1 aromatic rings. The predicted molar refractivity (Wildman–Crippen MR) is 75.3 cm³/mol. The topological polar surface area (TPSA) is 105 Å². The van der Waals surface area contributed by atoms with E-state index in [9.17, 15) is 14.7 Å². The number of carbonyl (C=O) groups excluding carboxylic acids is 2. The van der Waals surface area contributed by atoms with Crippen molar-refractivity contribution in [1.82, 2.24) is 10.2 Å². The van der Waals surface area contributed by atoms with Crippen LogP contribution in [0.15, 0.2) is 30.3 Å². The number of nitrogens with zero attached hydrogens (tertiary/aromatic N) is 1. The average Bonchev–Trinajstić information content (AvgIpc) is 2.52. The number of hydrogen-bond acceptors (Lipinski definition) is 4. The van der Waals surface area contributed by atoms with Gasteiger partial charge in [0.05, 0.1) is 25.9 Å². The summed E-state index contributed by atoms with van der Waals surface area (Å²) < 4.78 is 5.25. The van der Waals surface area contributed by atoms with Crippen LogP contribution in [0.2, 0.25) is 0 Å². The molecular formula is C14H19N3O4. The molecule has 1 saturated heterocycles. The number of aliphatic hydroxyl groups is 1. The Balaban J connectivity index is 2.23. The zero-order chi connectivity index (χ0) is 15.2. The Labute approximate surface area is 122 Å². The summed E-state index contributed by atoms with van der Waals surface area (Å²) in [6, 6.07) is 6.82. The summed E-state index contributed by atoms with van der Waals surface area (Å²) in [7, 11) is 0. The number of morpholine rings is 1. The summed E-state index contributed by atoms with van der Waals surface area (Å²) in [6.45, 7) is 0.859. The van der Waals surface area contributed by atoms with Crippen LogP contribution in [-0.2, 0) is 9.53 Å². The van der Waals surface area contributed by atoms with Crippen LogP contribution >= 0.6 is 0 Å². The number of nitrogens with one attached hydrogen (secondary N) is 1. The quantitative estimate of drug-likeness (QED) is 0.703. The molecule has 0 spiro atoms. The van der Waals surface area contributed by atoms with Gasteiger partial charge in [0, 0.05) is 6.54 Å². The van der Waals surface area contributed by atoms with Crippen LogP contribution in [0, 0.1) is 0 Å². The number of urea groups is 1. The largest absolute Gasteiger partial charge is 0.394 e. The smallest absolute Gasteiger partial charge is 0.313 e. The molecule has 1 heterocycles. The molecule has 4 N–H and O–H groups in total. The van der Waals surface area contributed by atoms with Crippen LogP contribution in [0.4, 0.5) is 4.79 Å². The maximum Gasteiger partial charge on any atom is 0.313 e. The van der Waals surface area contributed by atoms with E-state index in [-0.39, 0.29) is 19.1 Å². The van der Waals surface area contributed by atoms with Crippen molar-refractivity contribution in [1.29, 1.82) is 0 Å². The molecule has 0 aromatic heterocycles. The van der Waals surface area contributed by atoms with Crippen molar-refractivity contribution in [3.63, 3.8) is 0 Å². The first kappa shape index (κ1) is 15.3. The summed E-state index contributed by atoms with van der Waals surface area (Å²) in [5, 5.41) is 11.8. The molecule has 1 fully saturated rings. The van der Waals surface area contributed by atoms with Crippen LogP contribution in [0.25, 0.3) is 0 Å². The van der Waals surface area contributed by atoms with Crippen LogP contribution in [0.5, 0.6) is 0 Å². The molecule has 2 rings (SSSR count). The predicted octanol–water partition coefficient (Wildman–Crippen LogP) is -0.384. The first-order valence-electron chi connectivity index (χ1n) is 6.73. The molecule has 3 amide bonds. The first-order valence-corrected chi connectivity index (χ1v) is 6.73. The van der Waals surface area contributed by atoms with Crippen molar-refractivity contribution in [3.8, 4) is 0 Å². The molecular weight excluding hydrogens is 274 g/mol. The number of carbonyl (C=O) groups is 2. The summed E-state index contributed by atoms with van der Waals surface area (Å²) in [5.74, 6) is -0.303. The van der Waals surface area contributed by atoms with E-state index in [0.29, 0.717) is 18.7 Å². The highest BCUT2D eigenvalue weighted by Gasteiger charge is 2.33. The van der Waals surface area contributed by atoms with Gasteiger partial charge in [-0.3, -0.25) is 4.79 Å². The Hall–Kier alpha value is -2.12. The van der Waals surface area contributed by atoms with E-state index < -0.39 is 18.1 Å². The molecule has 1 aliphatic rings. The maximum absolute atomic E-state index is 12.7. The van der Waals surface area contributed by atoms with Crippen LogP contribution in [-0.4, -0.2) is 54.4 Å². The minimum atomic E-state index is -0.865. The Bertz CT molecular complexity index is 494. The fourth-order valence-corrected chi connectivity index (χ4v) is 2.34. The van der Waals surface area contributed by atoms with Crippen LogP contribution in [0.3, 0.4) is 0 Å².